The second kappa shape index (κ2) is 6.46. The average Bonchev–Trinajstić information content (AvgIpc) is 2.44. The number of carbonyl (C=O) groups is 1. The second-order valence-corrected chi connectivity index (χ2v) is 6.38. The van der Waals surface area contributed by atoms with Gasteiger partial charge in [0.05, 0.1) is 10.0 Å². The van der Waals surface area contributed by atoms with Gasteiger partial charge in [0, 0.05) is 12.2 Å². The van der Waals surface area contributed by atoms with Crippen LogP contribution in [0.3, 0.4) is 0 Å². The number of Topliss-reactive ketones (excluding diaryl/α,β-unsaturated/α-hetero) is 1. The molecule has 1 aliphatic carbocycles. The fourth-order valence-corrected chi connectivity index (χ4v) is 3.14. The molecule has 0 saturated heterocycles. The van der Waals surface area contributed by atoms with Crippen LogP contribution in [0.1, 0.15) is 49.9 Å². The van der Waals surface area contributed by atoms with Crippen molar-refractivity contribution >= 4 is 29.0 Å². The fraction of sp³-hybridized carbons (Fsp3) is 0.562. The Bertz CT molecular complexity index is 491. The summed E-state index contributed by atoms with van der Waals surface area (Å²) >= 11 is 11.9. The summed E-state index contributed by atoms with van der Waals surface area (Å²) in [6.07, 6.45) is 3.60. The van der Waals surface area contributed by atoms with Gasteiger partial charge in [-0.2, -0.15) is 0 Å². The Morgan fingerprint density at radius 1 is 1.30 bits per heavy atom. The number of halogens is 2. The molecule has 0 radical (unpaired) electrons. The zero-order chi connectivity index (χ0) is 14.8. The molecule has 1 saturated carbocycles. The topological polar surface area (TPSA) is 26.3 Å². The predicted molar refractivity (Wildman–Crippen MR) is 82.8 cm³/mol. The van der Waals surface area contributed by atoms with Crippen LogP contribution in [0.4, 0.5) is 0 Å². The van der Waals surface area contributed by atoms with Gasteiger partial charge >= 0.3 is 0 Å². The van der Waals surface area contributed by atoms with Gasteiger partial charge in [0.2, 0.25) is 0 Å². The SMILES string of the molecule is CCOC1(C(=O)c2ccc(Cl)c(Cl)c2)CCC(C)CC1. The number of ether oxygens (including phenoxy) is 1. The third-order valence-corrected chi connectivity index (χ3v) is 4.84. The summed E-state index contributed by atoms with van der Waals surface area (Å²) in [5.41, 5.74) is -0.0966. The fourth-order valence-electron chi connectivity index (χ4n) is 2.84. The van der Waals surface area contributed by atoms with Crippen LogP contribution in [-0.2, 0) is 4.74 Å². The molecule has 2 nitrogen and oxygen atoms in total. The van der Waals surface area contributed by atoms with Crippen molar-refractivity contribution in [3.8, 4) is 0 Å². The molecule has 1 aromatic rings. The van der Waals surface area contributed by atoms with Crippen molar-refractivity contribution in [2.24, 2.45) is 5.92 Å². The van der Waals surface area contributed by atoms with E-state index in [1.54, 1.807) is 18.2 Å². The van der Waals surface area contributed by atoms with Gasteiger partial charge < -0.3 is 4.74 Å². The summed E-state index contributed by atoms with van der Waals surface area (Å²) in [5, 5.41) is 0.874. The van der Waals surface area contributed by atoms with E-state index in [-0.39, 0.29) is 5.78 Å². The predicted octanol–water partition coefficient (Wildman–Crippen LogP) is 5.16. The largest absolute Gasteiger partial charge is 0.367 e. The van der Waals surface area contributed by atoms with Crippen LogP contribution >= 0.6 is 23.2 Å². The summed E-state index contributed by atoms with van der Waals surface area (Å²) in [5.74, 6) is 0.690. The van der Waals surface area contributed by atoms with Gasteiger partial charge in [-0.05, 0) is 56.7 Å². The Labute approximate surface area is 130 Å². The van der Waals surface area contributed by atoms with E-state index in [1.807, 2.05) is 6.92 Å². The molecule has 0 atom stereocenters. The number of rotatable bonds is 4. The highest BCUT2D eigenvalue weighted by atomic mass is 35.5. The van der Waals surface area contributed by atoms with Crippen molar-refractivity contribution < 1.29 is 9.53 Å². The Hall–Kier alpha value is -0.570. The second-order valence-electron chi connectivity index (χ2n) is 5.57. The molecular formula is C16H20Cl2O2. The van der Waals surface area contributed by atoms with E-state index in [1.165, 1.54) is 0 Å². The number of ketones is 1. The molecule has 0 unspecified atom stereocenters. The molecule has 0 aliphatic heterocycles. The molecule has 0 aromatic heterocycles. The van der Waals surface area contributed by atoms with Gasteiger partial charge in [0.1, 0.15) is 5.60 Å². The van der Waals surface area contributed by atoms with Crippen LogP contribution in [0, 0.1) is 5.92 Å². The van der Waals surface area contributed by atoms with E-state index < -0.39 is 5.60 Å². The molecule has 0 N–H and O–H groups in total. The van der Waals surface area contributed by atoms with Crippen LogP contribution < -0.4 is 0 Å². The third-order valence-electron chi connectivity index (χ3n) is 4.10. The molecule has 1 fully saturated rings. The molecule has 1 aromatic carbocycles. The first-order valence-corrected chi connectivity index (χ1v) is 7.88. The maximum absolute atomic E-state index is 12.9. The number of hydrogen-bond donors (Lipinski definition) is 0. The van der Waals surface area contributed by atoms with E-state index >= 15 is 0 Å². The molecule has 0 amide bonds. The van der Waals surface area contributed by atoms with E-state index in [9.17, 15) is 4.79 Å². The van der Waals surface area contributed by atoms with Gasteiger partial charge in [-0.3, -0.25) is 4.79 Å². The van der Waals surface area contributed by atoms with Crippen molar-refractivity contribution in [1.29, 1.82) is 0 Å². The zero-order valence-electron chi connectivity index (χ0n) is 11.9. The molecule has 110 valence electrons. The minimum absolute atomic E-state index is 0.0322. The van der Waals surface area contributed by atoms with Crippen LogP contribution in [0.2, 0.25) is 10.0 Å². The number of hydrogen-bond acceptors (Lipinski definition) is 2. The lowest BCUT2D eigenvalue weighted by Gasteiger charge is -2.37. The van der Waals surface area contributed by atoms with Crippen molar-refractivity contribution in [3.05, 3.63) is 33.8 Å². The summed E-state index contributed by atoms with van der Waals surface area (Å²) in [6, 6.07) is 5.04. The standard InChI is InChI=1S/C16H20Cl2O2/c1-3-20-16(8-6-11(2)7-9-16)15(19)12-4-5-13(17)14(18)10-12/h4-5,10-11H,3,6-9H2,1-2H3. The first-order chi connectivity index (χ1) is 9.48. The first kappa shape index (κ1) is 15.8. The van der Waals surface area contributed by atoms with E-state index in [2.05, 4.69) is 6.92 Å². The van der Waals surface area contributed by atoms with Crippen LogP contribution in [-0.4, -0.2) is 18.0 Å². The smallest absolute Gasteiger partial charge is 0.194 e. The van der Waals surface area contributed by atoms with Gasteiger partial charge in [0.25, 0.3) is 0 Å². The maximum atomic E-state index is 12.9. The Morgan fingerprint density at radius 2 is 1.95 bits per heavy atom. The molecule has 4 heteroatoms. The zero-order valence-corrected chi connectivity index (χ0v) is 13.4. The van der Waals surface area contributed by atoms with Crippen molar-refractivity contribution in [2.45, 2.75) is 45.1 Å². The van der Waals surface area contributed by atoms with Gasteiger partial charge in [-0.15, -0.1) is 0 Å². The summed E-state index contributed by atoms with van der Waals surface area (Å²) in [4.78, 5) is 12.9. The van der Waals surface area contributed by atoms with Crippen LogP contribution in [0.25, 0.3) is 0 Å². The molecule has 2 rings (SSSR count). The normalized spacial score (nSPS) is 26.5. The highest BCUT2D eigenvalue weighted by molar-refractivity contribution is 6.42. The minimum atomic E-state index is -0.682. The van der Waals surface area contributed by atoms with Gasteiger partial charge in [-0.25, -0.2) is 0 Å². The average molecular weight is 315 g/mol. The Kier molecular flexibility index (Phi) is 5.11. The van der Waals surface area contributed by atoms with E-state index in [0.717, 1.165) is 25.7 Å². The molecule has 20 heavy (non-hydrogen) atoms. The van der Waals surface area contributed by atoms with E-state index in [0.29, 0.717) is 28.1 Å². The Balaban J connectivity index is 2.29. The lowest BCUT2D eigenvalue weighted by molar-refractivity contribution is -0.0474. The highest BCUT2D eigenvalue weighted by Crippen LogP contribution is 2.38. The summed E-state index contributed by atoms with van der Waals surface area (Å²) in [6.45, 7) is 4.70. The third kappa shape index (κ3) is 3.19. The molecule has 0 heterocycles. The monoisotopic (exact) mass is 314 g/mol. The van der Waals surface area contributed by atoms with Gasteiger partial charge in [-0.1, -0.05) is 30.1 Å². The van der Waals surface area contributed by atoms with E-state index in [4.69, 9.17) is 27.9 Å². The minimum Gasteiger partial charge on any atom is -0.367 e. The molecular weight excluding hydrogens is 295 g/mol. The highest BCUT2D eigenvalue weighted by Gasteiger charge is 2.42. The maximum Gasteiger partial charge on any atom is 0.194 e. The number of carbonyl (C=O) groups excluding carboxylic acids is 1. The van der Waals surface area contributed by atoms with Crippen molar-refractivity contribution in [3.63, 3.8) is 0 Å². The lowest BCUT2D eigenvalue weighted by atomic mass is 9.75. The summed E-state index contributed by atoms with van der Waals surface area (Å²) in [7, 11) is 0. The molecule has 1 aliphatic rings. The summed E-state index contributed by atoms with van der Waals surface area (Å²) < 4.78 is 5.88. The van der Waals surface area contributed by atoms with Crippen molar-refractivity contribution in [1.82, 2.24) is 0 Å². The number of benzene rings is 1. The molecule has 0 bridgehead atoms. The van der Waals surface area contributed by atoms with Gasteiger partial charge in [0.15, 0.2) is 5.78 Å². The quantitative estimate of drug-likeness (QED) is 0.717. The Morgan fingerprint density at radius 3 is 2.50 bits per heavy atom. The molecule has 0 spiro atoms. The van der Waals surface area contributed by atoms with Crippen LogP contribution in [0.15, 0.2) is 18.2 Å². The van der Waals surface area contributed by atoms with Crippen LogP contribution in [0.5, 0.6) is 0 Å². The van der Waals surface area contributed by atoms with Crippen molar-refractivity contribution in [2.75, 3.05) is 6.61 Å². The first-order valence-electron chi connectivity index (χ1n) is 7.12. The lowest BCUT2D eigenvalue weighted by Crippen LogP contribution is -2.44.